The Balaban J connectivity index is 1.75. The molecule has 0 aromatic heterocycles. The molecule has 0 unspecified atom stereocenters. The molecule has 62 valence electrons. The van der Waals surface area contributed by atoms with Crippen LogP contribution in [0.1, 0.15) is 0 Å². The topological polar surface area (TPSA) is 63.3 Å². The van der Waals surface area contributed by atoms with Gasteiger partial charge in [-0.25, -0.2) is 0 Å². The summed E-state index contributed by atoms with van der Waals surface area (Å²) in [5.74, 6) is 2.92. The Hall–Kier alpha value is -0.570. The van der Waals surface area contributed by atoms with Crippen molar-refractivity contribution < 1.29 is 9.90 Å². The molecule has 0 saturated heterocycles. The van der Waals surface area contributed by atoms with E-state index in [1.807, 2.05) is 0 Å². The highest BCUT2D eigenvalue weighted by atomic mass is 16.4. The molecule has 0 heterocycles. The fraction of sp³-hybridized carbons (Fsp3) is 0.889. The molecule has 0 amide bonds. The molecule has 0 aliphatic heterocycles. The molecule has 12 heavy (non-hydrogen) atoms. The molecule has 0 bridgehead atoms. The van der Waals surface area contributed by atoms with E-state index in [0.29, 0.717) is 35.5 Å². The van der Waals surface area contributed by atoms with Gasteiger partial charge in [-0.1, -0.05) is 0 Å². The summed E-state index contributed by atoms with van der Waals surface area (Å²) in [5, 5.41) is 9.11. The van der Waals surface area contributed by atoms with Crippen LogP contribution in [0.5, 0.6) is 0 Å². The molecule has 0 atom stereocenters. The maximum absolute atomic E-state index is 11.0. The fourth-order valence-corrected chi connectivity index (χ4v) is 6.04. The number of aliphatic carboxylic acids is 1. The minimum Gasteiger partial charge on any atom is -0.481 e. The summed E-state index contributed by atoms with van der Waals surface area (Å²) in [6.45, 7) is 0. The van der Waals surface area contributed by atoms with Gasteiger partial charge in [0.25, 0.3) is 0 Å². The highest BCUT2D eigenvalue weighted by molar-refractivity contribution is 5.87. The van der Waals surface area contributed by atoms with Crippen molar-refractivity contribution in [1.82, 2.24) is 0 Å². The Morgan fingerprint density at radius 2 is 1.50 bits per heavy atom. The smallest absolute Gasteiger partial charge is 0.310 e. The van der Waals surface area contributed by atoms with Gasteiger partial charge in [-0.15, -0.1) is 0 Å². The zero-order chi connectivity index (χ0) is 8.04. The van der Waals surface area contributed by atoms with Gasteiger partial charge in [-0.3, -0.25) is 4.79 Å². The second-order valence-corrected chi connectivity index (χ2v) is 5.39. The molecule has 6 aliphatic carbocycles. The lowest BCUT2D eigenvalue weighted by Crippen LogP contribution is -3.15. The molecule has 3 N–H and O–H groups in total. The van der Waals surface area contributed by atoms with Crippen LogP contribution in [0.3, 0.4) is 0 Å². The number of carboxylic acid groups (broad SMARTS) is 1. The van der Waals surface area contributed by atoms with Gasteiger partial charge in [-0.2, -0.15) is 0 Å². The highest BCUT2D eigenvalue weighted by Crippen LogP contribution is 3.06. The summed E-state index contributed by atoms with van der Waals surface area (Å²) in [6, 6.07) is 0. The van der Waals surface area contributed by atoms with Crippen molar-refractivity contribution in [1.29, 1.82) is 0 Å². The van der Waals surface area contributed by atoms with Crippen LogP contribution in [0, 0.1) is 40.9 Å². The third kappa shape index (κ3) is 0.157. The largest absolute Gasteiger partial charge is 0.481 e. The number of rotatable bonds is 1. The third-order valence-corrected chi connectivity index (χ3v) is 6.08. The SMILES string of the molecule is NC12C3C4C1C1C2C3C41C(=O)O. The van der Waals surface area contributed by atoms with E-state index in [0.717, 1.165) is 0 Å². The van der Waals surface area contributed by atoms with E-state index in [1.54, 1.807) is 0 Å². The predicted octanol–water partition coefficient (Wildman–Crippen LogP) is -0.480. The van der Waals surface area contributed by atoms with E-state index in [9.17, 15) is 4.79 Å². The molecule has 6 fully saturated rings. The van der Waals surface area contributed by atoms with E-state index in [2.05, 4.69) is 0 Å². The summed E-state index contributed by atoms with van der Waals surface area (Å²) in [5.41, 5.74) is 6.09. The average molecular weight is 163 g/mol. The number of nitrogens with two attached hydrogens (primary N) is 1. The highest BCUT2D eigenvalue weighted by Gasteiger charge is 3.11. The lowest BCUT2D eigenvalue weighted by atomic mass is 8.94. The number of hydrogen-bond acceptors (Lipinski definition) is 2. The molecule has 6 saturated carbocycles. The first kappa shape index (κ1) is 5.22. The molecule has 3 heteroatoms. The van der Waals surface area contributed by atoms with Gasteiger partial charge in [0.05, 0.1) is 5.41 Å². The fourth-order valence-electron chi connectivity index (χ4n) is 6.04. The Kier molecular flexibility index (Phi) is 0.384. The van der Waals surface area contributed by atoms with Crippen LogP contribution in [0.15, 0.2) is 0 Å². The molecule has 6 rings (SSSR count). The Morgan fingerprint density at radius 1 is 1.08 bits per heavy atom. The molecule has 0 aromatic rings. The van der Waals surface area contributed by atoms with Crippen LogP contribution in [-0.4, -0.2) is 16.6 Å². The lowest BCUT2D eigenvalue weighted by Gasteiger charge is -3.09. The maximum Gasteiger partial charge on any atom is 0.310 e. The van der Waals surface area contributed by atoms with Gasteiger partial charge in [0.1, 0.15) is 0 Å². The van der Waals surface area contributed by atoms with E-state index in [1.165, 1.54) is 0 Å². The van der Waals surface area contributed by atoms with Crippen LogP contribution >= 0.6 is 0 Å². The minimum absolute atomic E-state index is 0.164. The van der Waals surface area contributed by atoms with Gasteiger partial charge < -0.3 is 10.8 Å². The predicted molar refractivity (Wildman–Crippen MR) is 37.9 cm³/mol. The lowest BCUT2D eigenvalue weighted by molar-refractivity contribution is -0.604. The zero-order valence-electron chi connectivity index (χ0n) is 6.40. The summed E-state index contributed by atoms with van der Waals surface area (Å²) >= 11 is 0. The molecule has 0 radical (unpaired) electrons. The van der Waals surface area contributed by atoms with E-state index >= 15 is 0 Å². The van der Waals surface area contributed by atoms with E-state index in [-0.39, 0.29) is 11.0 Å². The van der Waals surface area contributed by atoms with Gasteiger partial charge in [0.2, 0.25) is 0 Å². The molecular formula is C9H9NO2. The molecule has 0 spiro atoms. The van der Waals surface area contributed by atoms with E-state index < -0.39 is 5.97 Å². The van der Waals surface area contributed by atoms with Crippen molar-refractivity contribution in [2.45, 2.75) is 5.54 Å². The summed E-state index contributed by atoms with van der Waals surface area (Å²) in [7, 11) is 0. The molecule has 6 aliphatic rings. The van der Waals surface area contributed by atoms with Crippen LogP contribution in [0.25, 0.3) is 0 Å². The van der Waals surface area contributed by atoms with Gasteiger partial charge in [0, 0.05) is 5.54 Å². The Labute approximate surface area is 68.9 Å². The first-order chi connectivity index (χ1) is 5.68. The van der Waals surface area contributed by atoms with Crippen LogP contribution in [-0.2, 0) is 4.79 Å². The second-order valence-electron chi connectivity index (χ2n) is 5.39. The Bertz CT molecular complexity index is 321. The summed E-state index contributed by atoms with van der Waals surface area (Å²) < 4.78 is 0. The zero-order valence-corrected chi connectivity index (χ0v) is 6.40. The standard InChI is InChI=1S/C9H9NO2/c10-9-4-1-5(9)3-6(9)2(4)8(1,3)7(11)12/h1-6H,10H2,(H,11,12). The van der Waals surface area contributed by atoms with Crippen LogP contribution in [0.2, 0.25) is 0 Å². The molecule has 3 nitrogen and oxygen atoms in total. The average Bonchev–Trinajstić information content (AvgIpc) is 2.04. The number of hydrogen-bond donors (Lipinski definition) is 2. The van der Waals surface area contributed by atoms with Gasteiger partial charge in [-0.05, 0) is 35.5 Å². The van der Waals surface area contributed by atoms with Crippen LogP contribution < -0.4 is 5.73 Å². The summed E-state index contributed by atoms with van der Waals surface area (Å²) in [6.07, 6.45) is 0. The van der Waals surface area contributed by atoms with Crippen molar-refractivity contribution in [3.63, 3.8) is 0 Å². The van der Waals surface area contributed by atoms with Crippen molar-refractivity contribution in [2.24, 2.45) is 46.7 Å². The monoisotopic (exact) mass is 163 g/mol. The van der Waals surface area contributed by atoms with Crippen molar-refractivity contribution in [3.8, 4) is 0 Å². The molecular weight excluding hydrogens is 154 g/mol. The van der Waals surface area contributed by atoms with E-state index in [4.69, 9.17) is 10.8 Å². The Morgan fingerprint density at radius 3 is 1.83 bits per heavy atom. The first-order valence-corrected chi connectivity index (χ1v) is 4.70. The van der Waals surface area contributed by atoms with Crippen molar-refractivity contribution in [2.75, 3.05) is 0 Å². The number of carbonyl (C=O) groups is 1. The van der Waals surface area contributed by atoms with Crippen molar-refractivity contribution in [3.05, 3.63) is 0 Å². The first-order valence-electron chi connectivity index (χ1n) is 4.70. The van der Waals surface area contributed by atoms with Crippen molar-refractivity contribution >= 4 is 5.97 Å². The third-order valence-electron chi connectivity index (χ3n) is 6.08. The normalized spacial score (nSPS) is 88.1. The summed E-state index contributed by atoms with van der Waals surface area (Å²) in [4.78, 5) is 11.0. The second kappa shape index (κ2) is 0.882. The minimum atomic E-state index is -0.520. The number of carboxylic acids is 1. The molecule has 0 aromatic carbocycles. The van der Waals surface area contributed by atoms with Gasteiger partial charge in [0.15, 0.2) is 0 Å². The van der Waals surface area contributed by atoms with Gasteiger partial charge >= 0.3 is 5.97 Å². The quantitative estimate of drug-likeness (QED) is 0.548. The maximum atomic E-state index is 11.0. The van der Waals surface area contributed by atoms with Crippen LogP contribution in [0.4, 0.5) is 0 Å².